The largest absolute Gasteiger partial charge is 0.109 e. The number of halogens is 2. The molecule has 6 heterocycles. The van der Waals surface area contributed by atoms with E-state index in [1.165, 1.54) is 111 Å². The molecule has 15 atom stereocenters. The first-order valence-corrected chi connectivity index (χ1v) is 46.1. The van der Waals surface area contributed by atoms with Gasteiger partial charge in [-0.2, -0.15) is 18.8 Å². The SMILES string of the molecule is C=C[C@]1(CO)O[C@@H](c2ccc3c(N)ncnn23)[C@H](F)[C@@H]1O.C=C[C@]1(COP(=O)(O)OP(=O)(O)OP(=O)(O)O)O[C@@H](c2ccc3c(N)ncnn23)[C@H](F)[C@@H]1O.CCCCCCCC.CCCCCCCC.CCCCNP(NCCCC)(OO)(OOO)[P+](=O)[O-].[3H]P(P)P(P)P. The monoisotopic (exact) mass is 1540 g/mol. The van der Waals surface area contributed by atoms with E-state index in [0.29, 0.717) is 29.6 Å². The number of fused-ring (bicyclic) bond motifs is 2. The molecule has 2 saturated heterocycles. The molecule has 0 aliphatic carbocycles. The van der Waals surface area contributed by atoms with Crippen LogP contribution in [0.3, 0.4) is 0 Å². The molecule has 44 heteroatoms. The van der Waals surface area contributed by atoms with Crippen molar-refractivity contribution in [2.45, 2.75) is 192 Å². The number of nitrogens with two attached hydrogens (primary N) is 2. The van der Waals surface area contributed by atoms with E-state index in [9.17, 15) is 52.7 Å². The van der Waals surface area contributed by atoms with Gasteiger partial charge in [-0.15, -0.1) is 39.9 Å². The average molecular weight is 1540 g/mol. The number of nitrogen functional groups attached to an aromatic ring is 2. The van der Waals surface area contributed by atoms with E-state index in [1.54, 1.807) is 12.1 Å². The second-order valence-electron chi connectivity index (χ2n) is 20.8. The Kier molecular flexibility index (Phi) is 42.4. The maximum atomic E-state index is 15.0. The Hall–Kier alpha value is -1.25. The van der Waals surface area contributed by atoms with E-state index in [1.807, 2.05) is 13.8 Å². The summed E-state index contributed by atoms with van der Waals surface area (Å²) < 4.78 is 116. The van der Waals surface area contributed by atoms with Gasteiger partial charge in [0.15, 0.2) is 24.0 Å². The fraction of sp³-hybridized carbons (Fsp3) is 0.680. The molecule has 2 fully saturated rings. The number of rotatable bonds is 35. The van der Waals surface area contributed by atoms with Gasteiger partial charge in [0.25, 0.3) is 0 Å². The Morgan fingerprint density at radius 1 is 0.745 bits per heavy atom. The number of ether oxygens (including phenoxy) is 2. The predicted octanol–water partition coefficient (Wildman–Crippen LogP) is 11.4. The second kappa shape index (κ2) is 44.9. The quantitative estimate of drug-likeness (QED) is 0.00669. The van der Waals surface area contributed by atoms with Crippen LogP contribution in [0.4, 0.5) is 20.4 Å². The predicted molar refractivity (Wildman–Crippen MR) is 368 cm³/mol. The summed E-state index contributed by atoms with van der Waals surface area (Å²) in [6, 6.07) is 6.10. The first-order chi connectivity index (χ1) is 44.6. The summed E-state index contributed by atoms with van der Waals surface area (Å²) in [5.41, 5.74) is 9.03. The van der Waals surface area contributed by atoms with Crippen LogP contribution in [0, 0.1) is 0 Å². The zero-order chi connectivity index (χ0) is 72.5. The number of aromatic nitrogens is 6. The van der Waals surface area contributed by atoms with Gasteiger partial charge in [0, 0.05) is 0 Å². The molecular weight excluding hydrogens is 1440 g/mol. The zero-order valence-electron chi connectivity index (χ0n) is 54.4. The Labute approximate surface area is 558 Å². The Bertz CT molecular complexity index is 3020. The van der Waals surface area contributed by atoms with Crippen molar-refractivity contribution in [1.82, 2.24) is 39.4 Å². The summed E-state index contributed by atoms with van der Waals surface area (Å²) in [4.78, 5) is 55.1. The number of unbranched alkanes of at least 4 members (excludes halogenated alkanes) is 12. The van der Waals surface area contributed by atoms with Crippen molar-refractivity contribution in [1.29, 1.82) is 1.28 Å². The van der Waals surface area contributed by atoms with Crippen LogP contribution in [0.5, 0.6) is 0 Å². The number of aliphatic hydroxyl groups excluding tert-OH is 3. The molecule has 544 valence electrons. The Balaban J connectivity index is 0.000000631. The number of anilines is 2. The van der Waals surface area contributed by atoms with Gasteiger partial charge in [-0.3, -0.25) is 4.52 Å². The molecule has 4 aromatic heterocycles. The van der Waals surface area contributed by atoms with Crippen molar-refractivity contribution in [3.63, 3.8) is 0 Å². The van der Waals surface area contributed by atoms with E-state index in [0.717, 1.165) is 25.2 Å². The molecule has 0 bridgehead atoms. The van der Waals surface area contributed by atoms with Crippen molar-refractivity contribution in [2.24, 2.45) is 0 Å². The van der Waals surface area contributed by atoms with E-state index < -0.39 is 107 Å². The second-order valence-corrected chi connectivity index (χ2v) is 44.5. The molecular formula is C50H98F2N10O22P10. The summed E-state index contributed by atoms with van der Waals surface area (Å²) in [7, 11) is -18.1. The smallest absolute Gasteiger partial charge is 0.0677 e. The Morgan fingerprint density at radius 3 is 1.44 bits per heavy atom. The minimum atomic E-state index is -5.77. The van der Waals surface area contributed by atoms with Gasteiger partial charge >= 0.3 is 135 Å². The molecule has 2 aliphatic rings. The van der Waals surface area contributed by atoms with Crippen molar-refractivity contribution in [3.8, 4) is 0 Å². The summed E-state index contributed by atoms with van der Waals surface area (Å²) in [6.45, 7) is 18.3. The van der Waals surface area contributed by atoms with E-state index in [2.05, 4.69) is 126 Å². The van der Waals surface area contributed by atoms with Crippen LogP contribution in [0.15, 0.2) is 62.2 Å². The number of aliphatic hydroxyl groups is 3. The van der Waals surface area contributed by atoms with Crippen LogP contribution in [-0.4, -0.2) is 138 Å². The van der Waals surface area contributed by atoms with Gasteiger partial charge in [0.2, 0.25) is 0 Å². The molecule has 0 spiro atoms. The number of hydrogen-bond acceptors (Lipinski definition) is 26. The maximum Gasteiger partial charge on any atom is 0.0677 e. The molecule has 94 heavy (non-hydrogen) atoms. The molecule has 7 unspecified atom stereocenters. The first kappa shape index (κ1) is 88.8. The average Bonchev–Trinajstić information content (AvgIpc) is 1.75. The maximum absolute atomic E-state index is 15.0. The minimum Gasteiger partial charge on any atom is -0.109 e. The summed E-state index contributed by atoms with van der Waals surface area (Å²) in [5.74, 6) is 0.329. The number of alkyl halides is 2. The molecule has 6 rings (SSSR count). The molecule has 32 nitrogen and oxygen atoms in total. The van der Waals surface area contributed by atoms with E-state index >= 15 is 4.39 Å². The van der Waals surface area contributed by atoms with Crippen molar-refractivity contribution < 1.29 is 114 Å². The molecule has 4 aromatic rings. The molecule has 15 N–H and O–H groups in total. The fourth-order valence-electron chi connectivity index (χ4n) is 8.66. The topological polar surface area (TPSA) is 484 Å². The van der Waals surface area contributed by atoms with Crippen LogP contribution in [0.25, 0.3) is 11.0 Å². The summed E-state index contributed by atoms with van der Waals surface area (Å²) >= 11 is 0. The van der Waals surface area contributed by atoms with Crippen molar-refractivity contribution in [2.75, 3.05) is 37.8 Å². The van der Waals surface area contributed by atoms with E-state index in [4.69, 9.17) is 42.5 Å². The van der Waals surface area contributed by atoms with Gasteiger partial charge < -0.3 is 55.8 Å². The number of phosphoric ester groups is 1. The summed E-state index contributed by atoms with van der Waals surface area (Å²) in [5, 5.41) is 63.8. The van der Waals surface area contributed by atoms with Crippen LogP contribution < -0.4 is 26.5 Å². The number of nitrogens with one attached hydrogen (secondary N) is 2. The number of hydrogen-bond donors (Lipinski definition) is 13. The molecule has 0 saturated carbocycles. The minimum absolute atomic E-state index is 0.0767. The zero-order valence-corrected chi connectivity index (χ0v) is 63.2. The van der Waals surface area contributed by atoms with Crippen LogP contribution in [0.2, 0.25) is 0 Å². The van der Waals surface area contributed by atoms with Gasteiger partial charge in [-0.05, 0) is 31.3 Å². The fourth-order valence-corrected chi connectivity index (χ4v) is 15.4. The van der Waals surface area contributed by atoms with Gasteiger partial charge in [-0.1, -0.05) is 125 Å². The van der Waals surface area contributed by atoms with Crippen LogP contribution in [0.1, 0.15) is 168 Å². The standard InChI is InChI=1S/C13H18FN4O12P3.C13H15FN4O3.C8H22N2O7P2.2C8H18.H7P5/c1-2-13(5-27-32(23,24)30-33(25,26)29-31(20,21)22)11(19)9(14)10(28-13)7-3-4-8-12(15)16-6-17-18(7)8;1-2-13(5-19)11(20)9(14)10(21-13)7-3-4-8-12(15)16-6-17-18(7)8;1-3-5-7-9-19(16-12,17-15-11,18(13)14)10-8-6-4-2;2*1-3-5-7-8-6-4-2;1-4-5(2)3/h2-4,6,9-11,19H,1,5H2,(H,23,24)(H,25,26)(H2,15,16,17)(H2,20,21,22);2-4,6,9-11,19-20H,1,5H2,(H2,15,16,17);9-12H,3-8H2,1-2H3;2*3-8H2,1-2H3;4H,1-3H2/t2*9-,10-,11-,13+;;;;/m00..../s1/i;;;;;4T. The third-order valence-corrected chi connectivity index (χ3v) is 34.1. The van der Waals surface area contributed by atoms with Gasteiger partial charge in [-0.25, -0.2) is 41.5 Å². The van der Waals surface area contributed by atoms with Crippen molar-refractivity contribution >= 4 is 103 Å². The van der Waals surface area contributed by atoms with Crippen LogP contribution in [-0.2, 0) is 55.3 Å². The van der Waals surface area contributed by atoms with Crippen molar-refractivity contribution in [3.05, 3.63) is 73.6 Å². The molecule has 0 amide bonds. The summed E-state index contributed by atoms with van der Waals surface area (Å²) in [6.07, 6.45) is 14.2. The normalized spacial score (nSPS) is 23.4. The van der Waals surface area contributed by atoms with Crippen LogP contribution >= 0.6 is 79.9 Å². The third-order valence-electron chi connectivity index (χ3n) is 13.8. The van der Waals surface area contributed by atoms with Gasteiger partial charge in [0.05, 0.1) is 25.9 Å². The Morgan fingerprint density at radius 2 is 1.13 bits per heavy atom. The number of phosphoric acid groups is 3. The molecule has 2 aliphatic heterocycles. The number of nitrogens with zero attached hydrogens (tertiary/aromatic N) is 6. The third kappa shape index (κ3) is 27.9. The molecule has 0 radical (unpaired) electrons. The van der Waals surface area contributed by atoms with Gasteiger partial charge in [0.1, 0.15) is 59.3 Å². The molecule has 0 aromatic carbocycles. The van der Waals surface area contributed by atoms with E-state index in [-0.39, 0.29) is 37.4 Å². The first-order valence-electron chi connectivity index (χ1n) is 30.2.